The van der Waals surface area contributed by atoms with Crippen molar-refractivity contribution in [3.8, 4) is 0 Å². The van der Waals surface area contributed by atoms with E-state index in [0.29, 0.717) is 17.7 Å². The Hall–Kier alpha value is 1.27. The second-order valence-electron chi connectivity index (χ2n) is 3.45. The highest BCUT2D eigenvalue weighted by atomic mass is 127. The van der Waals surface area contributed by atoms with E-state index in [9.17, 15) is 0 Å². The summed E-state index contributed by atoms with van der Waals surface area (Å²) in [5, 5.41) is 0. The van der Waals surface area contributed by atoms with Gasteiger partial charge in [0.25, 0.3) is 0 Å². The molecule has 0 aromatic carbocycles. The van der Waals surface area contributed by atoms with Crippen LogP contribution in [0.5, 0.6) is 0 Å². The molecule has 0 fully saturated rings. The zero-order chi connectivity index (χ0) is 10.4. The summed E-state index contributed by atoms with van der Waals surface area (Å²) in [4.78, 5) is 0. The van der Waals surface area contributed by atoms with Crippen molar-refractivity contribution < 1.29 is 4.74 Å². The molecule has 80 valence electrons. The van der Waals surface area contributed by atoms with Crippen LogP contribution in [0, 0.1) is 5.92 Å². The van der Waals surface area contributed by atoms with Gasteiger partial charge < -0.3 is 4.74 Å². The number of halogens is 3. The van der Waals surface area contributed by atoms with E-state index >= 15 is 0 Å². The van der Waals surface area contributed by atoms with Crippen LogP contribution in [0.2, 0.25) is 0 Å². The van der Waals surface area contributed by atoms with Gasteiger partial charge in [-0.05, 0) is 12.8 Å². The first-order valence-corrected chi connectivity index (χ1v) is 6.75. The Morgan fingerprint density at radius 2 is 1.69 bits per heavy atom. The maximum Gasteiger partial charge on any atom is 0.0843 e. The smallest absolute Gasteiger partial charge is 0.0843 e. The van der Waals surface area contributed by atoms with Crippen LogP contribution in [0.4, 0.5) is 0 Å². The molecule has 0 spiro atoms. The lowest BCUT2D eigenvalue weighted by Crippen LogP contribution is -2.32. The van der Waals surface area contributed by atoms with Gasteiger partial charge in [0, 0.05) is 11.8 Å². The summed E-state index contributed by atoms with van der Waals surface area (Å²) in [5.74, 6) is 1.62. The second-order valence-corrected chi connectivity index (χ2v) is 5.67. The van der Waals surface area contributed by atoms with E-state index in [-0.39, 0.29) is 16.1 Å². The molecular weight excluding hydrogens is 322 g/mol. The van der Waals surface area contributed by atoms with E-state index in [1.807, 2.05) is 0 Å². The maximum atomic E-state index is 5.80. The summed E-state index contributed by atoms with van der Waals surface area (Å²) in [6, 6.07) is 0. The molecule has 0 N–H and O–H groups in total. The quantitative estimate of drug-likeness (QED) is 0.530. The summed E-state index contributed by atoms with van der Waals surface area (Å²) < 4.78 is 6.08. The van der Waals surface area contributed by atoms with Crippen molar-refractivity contribution in [1.29, 1.82) is 0 Å². The fourth-order valence-electron chi connectivity index (χ4n) is 0.750. The summed E-state index contributed by atoms with van der Waals surface area (Å²) in [6.07, 6.45) is 0.307. The van der Waals surface area contributed by atoms with Crippen LogP contribution in [-0.4, -0.2) is 27.9 Å². The summed E-state index contributed by atoms with van der Waals surface area (Å²) in [7, 11) is 0. The monoisotopic (exact) mass is 338 g/mol. The van der Waals surface area contributed by atoms with E-state index < -0.39 is 0 Å². The molecule has 13 heavy (non-hydrogen) atoms. The van der Waals surface area contributed by atoms with Gasteiger partial charge in [-0.15, -0.1) is 23.2 Å². The lowest BCUT2D eigenvalue weighted by molar-refractivity contribution is -0.0104. The third-order valence-corrected chi connectivity index (χ3v) is 4.43. The molecule has 1 nitrogen and oxygen atoms in total. The number of hydrogen-bond acceptors (Lipinski definition) is 1. The molecule has 0 aliphatic heterocycles. The van der Waals surface area contributed by atoms with Crippen molar-refractivity contribution in [3.63, 3.8) is 0 Å². The lowest BCUT2D eigenvalue weighted by Gasteiger charge is -2.25. The maximum absolute atomic E-state index is 5.80. The van der Waals surface area contributed by atoms with Gasteiger partial charge in [-0.25, -0.2) is 0 Å². The third-order valence-electron chi connectivity index (χ3n) is 2.03. The zero-order valence-electron chi connectivity index (χ0n) is 8.27. The van der Waals surface area contributed by atoms with Crippen LogP contribution in [0.1, 0.15) is 20.8 Å². The summed E-state index contributed by atoms with van der Waals surface area (Å²) >= 11 is 13.8. The summed E-state index contributed by atoms with van der Waals surface area (Å²) in [6.45, 7) is 6.35. The fourth-order valence-corrected chi connectivity index (χ4v) is 1.96. The minimum absolute atomic E-state index is 0.0668. The number of rotatable bonds is 6. The Morgan fingerprint density at radius 1 is 1.15 bits per heavy atom. The van der Waals surface area contributed by atoms with E-state index in [1.54, 1.807) is 0 Å². The molecular formula is C9H17Cl2IO. The molecule has 0 bridgehead atoms. The SMILES string of the molecule is CC(C)C(C)OC(CCl)C(I)CCl. The van der Waals surface area contributed by atoms with Crippen LogP contribution in [0.25, 0.3) is 0 Å². The topological polar surface area (TPSA) is 9.23 Å². The second kappa shape index (κ2) is 7.55. The highest BCUT2D eigenvalue weighted by Gasteiger charge is 2.21. The van der Waals surface area contributed by atoms with Crippen LogP contribution < -0.4 is 0 Å². The van der Waals surface area contributed by atoms with Gasteiger partial charge in [0.05, 0.1) is 16.1 Å². The van der Waals surface area contributed by atoms with Crippen LogP contribution in [0.3, 0.4) is 0 Å². The molecule has 0 heterocycles. The van der Waals surface area contributed by atoms with Crippen LogP contribution >= 0.6 is 45.8 Å². The molecule has 0 saturated carbocycles. The minimum atomic E-state index is 0.0668. The predicted octanol–water partition coefficient (Wildman–Crippen LogP) is 3.70. The lowest BCUT2D eigenvalue weighted by atomic mass is 10.1. The largest absolute Gasteiger partial charge is 0.373 e. The molecule has 0 radical (unpaired) electrons. The van der Waals surface area contributed by atoms with Gasteiger partial charge in [-0.1, -0.05) is 36.4 Å². The first-order chi connectivity index (χ1) is 6.02. The zero-order valence-corrected chi connectivity index (χ0v) is 11.9. The third kappa shape index (κ3) is 5.65. The average molecular weight is 339 g/mol. The number of hydrogen-bond donors (Lipinski definition) is 0. The first kappa shape index (κ1) is 14.3. The van der Waals surface area contributed by atoms with E-state index in [0.717, 1.165) is 0 Å². The van der Waals surface area contributed by atoms with Gasteiger partial charge >= 0.3 is 0 Å². The number of alkyl halides is 3. The van der Waals surface area contributed by atoms with E-state index in [1.165, 1.54) is 0 Å². The fraction of sp³-hybridized carbons (Fsp3) is 1.00. The van der Waals surface area contributed by atoms with E-state index in [2.05, 4.69) is 43.4 Å². The molecule has 0 amide bonds. The molecule has 0 aliphatic carbocycles. The highest BCUT2D eigenvalue weighted by Crippen LogP contribution is 2.18. The molecule has 0 aromatic rings. The minimum Gasteiger partial charge on any atom is -0.373 e. The first-order valence-electron chi connectivity index (χ1n) is 4.44. The van der Waals surface area contributed by atoms with Gasteiger partial charge in [0.1, 0.15) is 0 Å². The molecule has 0 saturated heterocycles. The van der Waals surface area contributed by atoms with Crippen molar-refractivity contribution in [1.82, 2.24) is 0 Å². The van der Waals surface area contributed by atoms with Crippen LogP contribution in [-0.2, 0) is 4.74 Å². The van der Waals surface area contributed by atoms with Gasteiger partial charge in [0.2, 0.25) is 0 Å². The molecule has 3 atom stereocenters. The van der Waals surface area contributed by atoms with Crippen molar-refractivity contribution in [2.45, 2.75) is 36.9 Å². The molecule has 0 aromatic heterocycles. The Balaban J connectivity index is 3.97. The van der Waals surface area contributed by atoms with Crippen molar-refractivity contribution in [2.75, 3.05) is 11.8 Å². The van der Waals surface area contributed by atoms with Crippen LogP contribution in [0.15, 0.2) is 0 Å². The molecule has 0 aliphatic rings. The van der Waals surface area contributed by atoms with Crippen molar-refractivity contribution >= 4 is 45.8 Å². The molecule has 0 rings (SSSR count). The Kier molecular flexibility index (Phi) is 8.28. The van der Waals surface area contributed by atoms with Gasteiger partial charge in [-0.2, -0.15) is 0 Å². The van der Waals surface area contributed by atoms with Crippen molar-refractivity contribution in [2.24, 2.45) is 5.92 Å². The number of ether oxygens (including phenoxy) is 1. The van der Waals surface area contributed by atoms with Crippen molar-refractivity contribution in [3.05, 3.63) is 0 Å². The normalized spacial score (nSPS) is 18.7. The molecule has 3 unspecified atom stereocenters. The Labute approximate surface area is 105 Å². The van der Waals surface area contributed by atoms with Gasteiger partial charge in [-0.3, -0.25) is 0 Å². The average Bonchev–Trinajstić information content (AvgIpc) is 2.12. The molecule has 4 heteroatoms. The van der Waals surface area contributed by atoms with E-state index in [4.69, 9.17) is 27.9 Å². The predicted molar refractivity (Wildman–Crippen MR) is 68.4 cm³/mol. The van der Waals surface area contributed by atoms with Gasteiger partial charge in [0.15, 0.2) is 0 Å². The highest BCUT2D eigenvalue weighted by molar-refractivity contribution is 14.1. The summed E-state index contributed by atoms with van der Waals surface area (Å²) in [5.41, 5.74) is 0. The Morgan fingerprint density at radius 3 is 2.00 bits per heavy atom. The standard InChI is InChI=1S/C9H17Cl2IO/c1-6(2)7(3)13-9(5-11)8(12)4-10/h6-9H,4-5H2,1-3H3. The Bertz CT molecular complexity index is 133.